The molecule has 0 aliphatic heterocycles. The molecule has 29 heavy (non-hydrogen) atoms. The molecular formula is C18H18FN3O6S. The summed E-state index contributed by atoms with van der Waals surface area (Å²) in [6, 6.07) is 7.39. The molecule has 0 spiro atoms. The van der Waals surface area contributed by atoms with Crippen LogP contribution in [0.25, 0.3) is 0 Å². The molecule has 0 aliphatic carbocycles. The van der Waals surface area contributed by atoms with Gasteiger partial charge in [0, 0.05) is 5.69 Å². The molecule has 0 fully saturated rings. The Morgan fingerprint density at radius 1 is 1.10 bits per heavy atom. The van der Waals surface area contributed by atoms with Gasteiger partial charge in [0.1, 0.15) is 5.82 Å². The maximum Gasteiger partial charge on any atom is 0.338 e. The zero-order valence-corrected chi connectivity index (χ0v) is 16.2. The number of anilines is 1. The van der Waals surface area contributed by atoms with Gasteiger partial charge >= 0.3 is 12.0 Å². The maximum absolute atomic E-state index is 13.0. The van der Waals surface area contributed by atoms with Crippen LogP contribution in [0.3, 0.4) is 0 Å². The van der Waals surface area contributed by atoms with Crippen LogP contribution in [0.15, 0.2) is 47.4 Å². The zero-order valence-electron chi connectivity index (χ0n) is 15.4. The van der Waals surface area contributed by atoms with Crippen LogP contribution in [-0.4, -0.2) is 32.4 Å². The number of sulfonamides is 1. The number of nitrogens with one attached hydrogen (secondary N) is 2. The summed E-state index contributed by atoms with van der Waals surface area (Å²) >= 11 is 0. The Morgan fingerprint density at radius 2 is 1.72 bits per heavy atom. The fourth-order valence-electron chi connectivity index (χ4n) is 2.25. The molecule has 1 atom stereocenters. The number of esters is 1. The molecule has 11 heteroatoms. The summed E-state index contributed by atoms with van der Waals surface area (Å²) in [4.78, 5) is 34.3. The SMILES string of the molecule is Cc1ccc(C(=O)OC(C)C(=O)NC(N)=O)cc1S(=O)(=O)Nc1ccc(F)cc1. The number of hydrogen-bond acceptors (Lipinski definition) is 6. The van der Waals surface area contributed by atoms with Gasteiger partial charge < -0.3 is 10.5 Å². The summed E-state index contributed by atoms with van der Waals surface area (Å²) in [5.74, 6) is -2.43. The molecule has 0 saturated heterocycles. The van der Waals surface area contributed by atoms with Crippen LogP contribution in [0, 0.1) is 12.7 Å². The Bertz CT molecular complexity index is 1050. The van der Waals surface area contributed by atoms with E-state index in [1.807, 2.05) is 0 Å². The van der Waals surface area contributed by atoms with Gasteiger partial charge in [-0.2, -0.15) is 0 Å². The van der Waals surface area contributed by atoms with Gasteiger partial charge in [-0.25, -0.2) is 22.4 Å². The summed E-state index contributed by atoms with van der Waals surface area (Å²) in [5.41, 5.74) is 5.17. The van der Waals surface area contributed by atoms with E-state index in [-0.39, 0.29) is 16.1 Å². The molecule has 154 valence electrons. The van der Waals surface area contributed by atoms with Crippen molar-refractivity contribution in [2.75, 3.05) is 4.72 Å². The van der Waals surface area contributed by atoms with Crippen LogP contribution in [0.2, 0.25) is 0 Å². The number of aryl methyl sites for hydroxylation is 1. The minimum absolute atomic E-state index is 0.131. The monoisotopic (exact) mass is 423 g/mol. The minimum Gasteiger partial charge on any atom is -0.449 e. The van der Waals surface area contributed by atoms with E-state index in [1.165, 1.54) is 38.1 Å². The van der Waals surface area contributed by atoms with Crippen molar-refractivity contribution in [2.45, 2.75) is 24.8 Å². The van der Waals surface area contributed by atoms with Crippen LogP contribution >= 0.6 is 0 Å². The smallest absolute Gasteiger partial charge is 0.338 e. The Labute approximate surface area is 166 Å². The summed E-state index contributed by atoms with van der Waals surface area (Å²) in [6.45, 7) is 2.75. The molecule has 0 radical (unpaired) electrons. The van der Waals surface area contributed by atoms with E-state index >= 15 is 0 Å². The first-order valence-electron chi connectivity index (χ1n) is 8.20. The Hall–Kier alpha value is -3.47. The first kappa shape index (κ1) is 21.8. The molecule has 9 nitrogen and oxygen atoms in total. The number of benzene rings is 2. The van der Waals surface area contributed by atoms with E-state index < -0.39 is 39.9 Å². The summed E-state index contributed by atoms with van der Waals surface area (Å²) in [5, 5.41) is 1.77. The van der Waals surface area contributed by atoms with Crippen molar-refractivity contribution in [3.63, 3.8) is 0 Å². The predicted octanol–water partition coefficient (Wildman–Crippen LogP) is 1.68. The number of carbonyl (C=O) groups is 3. The van der Waals surface area contributed by atoms with Gasteiger partial charge in [-0.15, -0.1) is 0 Å². The highest BCUT2D eigenvalue weighted by Gasteiger charge is 2.23. The molecule has 0 aromatic heterocycles. The van der Waals surface area contributed by atoms with Gasteiger partial charge in [0.05, 0.1) is 10.5 Å². The summed E-state index contributed by atoms with van der Waals surface area (Å²) in [7, 11) is -4.09. The van der Waals surface area contributed by atoms with E-state index in [9.17, 15) is 27.2 Å². The van der Waals surface area contributed by atoms with Gasteiger partial charge in [-0.1, -0.05) is 6.07 Å². The van der Waals surface area contributed by atoms with Crippen LogP contribution in [-0.2, 0) is 19.6 Å². The number of imide groups is 1. The van der Waals surface area contributed by atoms with Crippen LogP contribution in [0.1, 0.15) is 22.8 Å². The van der Waals surface area contributed by atoms with Crippen molar-refractivity contribution >= 4 is 33.6 Å². The van der Waals surface area contributed by atoms with Crippen molar-refractivity contribution in [1.82, 2.24) is 5.32 Å². The molecule has 0 aliphatic rings. The molecule has 0 bridgehead atoms. The van der Waals surface area contributed by atoms with Crippen molar-refractivity contribution in [3.05, 3.63) is 59.4 Å². The lowest BCUT2D eigenvalue weighted by molar-refractivity contribution is -0.127. The van der Waals surface area contributed by atoms with Crippen LogP contribution < -0.4 is 15.8 Å². The normalized spacial score (nSPS) is 12.0. The molecule has 4 N–H and O–H groups in total. The first-order chi connectivity index (χ1) is 13.5. The minimum atomic E-state index is -4.09. The molecule has 2 aromatic carbocycles. The number of rotatable bonds is 6. The lowest BCUT2D eigenvalue weighted by atomic mass is 10.1. The fourth-order valence-corrected chi connectivity index (χ4v) is 3.58. The lowest BCUT2D eigenvalue weighted by Crippen LogP contribution is -2.42. The number of primary amides is 1. The summed E-state index contributed by atoms with van der Waals surface area (Å²) in [6.07, 6.45) is -1.34. The van der Waals surface area contributed by atoms with E-state index in [0.29, 0.717) is 5.56 Å². The number of halogens is 1. The molecular weight excluding hydrogens is 405 g/mol. The van der Waals surface area contributed by atoms with Gasteiger partial charge in [0.15, 0.2) is 6.10 Å². The topological polar surface area (TPSA) is 145 Å². The van der Waals surface area contributed by atoms with Crippen molar-refractivity contribution in [3.8, 4) is 0 Å². The van der Waals surface area contributed by atoms with E-state index in [4.69, 9.17) is 10.5 Å². The first-order valence-corrected chi connectivity index (χ1v) is 9.68. The van der Waals surface area contributed by atoms with Gasteiger partial charge in [0.25, 0.3) is 15.9 Å². The average molecular weight is 423 g/mol. The van der Waals surface area contributed by atoms with Crippen molar-refractivity contribution in [1.29, 1.82) is 0 Å². The standard InChI is InChI=1S/C18H18FN3O6S/c1-10-3-4-12(17(24)28-11(2)16(23)21-18(20)25)9-15(10)29(26,27)22-14-7-5-13(19)6-8-14/h3-9,11,22H,1-2H3,(H3,20,21,23,25). The lowest BCUT2D eigenvalue weighted by Gasteiger charge is -2.14. The third-order valence-electron chi connectivity index (χ3n) is 3.71. The second kappa shape index (κ2) is 8.69. The highest BCUT2D eigenvalue weighted by atomic mass is 32.2. The Kier molecular flexibility index (Phi) is 6.54. The Morgan fingerprint density at radius 3 is 2.31 bits per heavy atom. The largest absolute Gasteiger partial charge is 0.449 e. The molecule has 2 rings (SSSR count). The van der Waals surface area contributed by atoms with Crippen molar-refractivity contribution in [2.24, 2.45) is 5.73 Å². The molecule has 2 aromatic rings. The number of hydrogen-bond donors (Lipinski definition) is 3. The van der Waals surface area contributed by atoms with E-state index in [1.54, 1.807) is 5.32 Å². The van der Waals surface area contributed by atoms with Gasteiger partial charge in [-0.05, 0) is 55.8 Å². The number of ether oxygens (including phenoxy) is 1. The van der Waals surface area contributed by atoms with Crippen LogP contribution in [0.5, 0.6) is 0 Å². The zero-order chi connectivity index (χ0) is 21.8. The maximum atomic E-state index is 13.0. The van der Waals surface area contributed by atoms with E-state index in [0.717, 1.165) is 18.2 Å². The molecule has 0 heterocycles. The second-order valence-electron chi connectivity index (χ2n) is 5.99. The fraction of sp³-hybridized carbons (Fsp3) is 0.167. The molecule has 1 unspecified atom stereocenters. The second-order valence-corrected chi connectivity index (χ2v) is 7.64. The highest BCUT2D eigenvalue weighted by molar-refractivity contribution is 7.92. The Balaban J connectivity index is 2.24. The van der Waals surface area contributed by atoms with Crippen molar-refractivity contribution < 1.29 is 31.9 Å². The molecule has 0 saturated carbocycles. The number of carbonyl (C=O) groups excluding carboxylic acids is 3. The third kappa shape index (κ3) is 5.75. The predicted molar refractivity (Wildman–Crippen MR) is 101 cm³/mol. The average Bonchev–Trinajstić information content (AvgIpc) is 2.63. The van der Waals surface area contributed by atoms with Gasteiger partial charge in [0.2, 0.25) is 0 Å². The summed E-state index contributed by atoms with van der Waals surface area (Å²) < 4.78 is 45.5. The number of urea groups is 1. The van der Waals surface area contributed by atoms with E-state index in [2.05, 4.69) is 4.72 Å². The quantitative estimate of drug-likeness (QED) is 0.603. The van der Waals surface area contributed by atoms with Crippen LogP contribution in [0.4, 0.5) is 14.9 Å². The van der Waals surface area contributed by atoms with Gasteiger partial charge in [-0.3, -0.25) is 14.8 Å². The number of nitrogens with two attached hydrogens (primary N) is 1. The third-order valence-corrected chi connectivity index (χ3v) is 5.23. The number of amides is 3. The molecule has 3 amide bonds. The highest BCUT2D eigenvalue weighted by Crippen LogP contribution is 2.21.